The van der Waals surface area contributed by atoms with Crippen LogP contribution in [0.5, 0.6) is 0 Å². The first-order valence-electron chi connectivity index (χ1n) is 7.43. The molecule has 0 aliphatic carbocycles. The van der Waals surface area contributed by atoms with Crippen LogP contribution in [0.3, 0.4) is 0 Å². The SMILES string of the molecule is Cc1onc(-c2ccccc2Cl)c1C(=O)N(C)CC(C)(C)CN. The number of halogens is 1. The molecule has 124 valence electrons. The minimum absolute atomic E-state index is 0.153. The first-order chi connectivity index (χ1) is 10.8. The molecular weight excluding hydrogens is 314 g/mol. The molecular formula is C17H22ClN3O2. The van der Waals surface area contributed by atoms with Crippen molar-refractivity contribution in [2.45, 2.75) is 20.8 Å². The predicted octanol–water partition coefficient (Wildman–Crippen LogP) is 3.36. The Morgan fingerprint density at radius 3 is 2.65 bits per heavy atom. The van der Waals surface area contributed by atoms with E-state index in [1.807, 2.05) is 32.0 Å². The molecule has 23 heavy (non-hydrogen) atoms. The number of amides is 1. The zero-order chi connectivity index (χ0) is 17.2. The van der Waals surface area contributed by atoms with Crippen LogP contribution >= 0.6 is 11.6 Å². The van der Waals surface area contributed by atoms with Crippen LogP contribution in [0.1, 0.15) is 30.0 Å². The fourth-order valence-electron chi connectivity index (χ4n) is 2.43. The molecule has 1 aromatic carbocycles. The lowest BCUT2D eigenvalue weighted by atomic mass is 9.93. The van der Waals surface area contributed by atoms with Crippen LogP contribution in [0, 0.1) is 12.3 Å². The third-order valence-corrected chi connectivity index (χ3v) is 4.10. The van der Waals surface area contributed by atoms with Gasteiger partial charge in [-0.2, -0.15) is 0 Å². The van der Waals surface area contributed by atoms with Gasteiger partial charge in [-0.15, -0.1) is 0 Å². The van der Waals surface area contributed by atoms with Gasteiger partial charge >= 0.3 is 0 Å². The summed E-state index contributed by atoms with van der Waals surface area (Å²) in [7, 11) is 1.75. The maximum atomic E-state index is 12.9. The molecule has 1 heterocycles. The van der Waals surface area contributed by atoms with E-state index in [4.69, 9.17) is 21.9 Å². The van der Waals surface area contributed by atoms with Crippen LogP contribution in [0.25, 0.3) is 11.3 Å². The Balaban J connectivity index is 2.39. The van der Waals surface area contributed by atoms with Crippen LogP contribution in [0.2, 0.25) is 5.02 Å². The summed E-state index contributed by atoms with van der Waals surface area (Å²) in [6.45, 7) is 6.79. The second kappa shape index (κ2) is 6.72. The maximum Gasteiger partial charge on any atom is 0.259 e. The average molecular weight is 336 g/mol. The Morgan fingerprint density at radius 1 is 1.39 bits per heavy atom. The van der Waals surface area contributed by atoms with E-state index < -0.39 is 0 Å². The van der Waals surface area contributed by atoms with Gasteiger partial charge in [0.2, 0.25) is 0 Å². The highest BCUT2D eigenvalue weighted by Crippen LogP contribution is 2.32. The Bertz CT molecular complexity index is 710. The number of benzene rings is 1. The molecule has 0 aliphatic rings. The molecule has 5 nitrogen and oxygen atoms in total. The third kappa shape index (κ3) is 3.74. The largest absolute Gasteiger partial charge is 0.360 e. The fourth-order valence-corrected chi connectivity index (χ4v) is 2.66. The van der Waals surface area contributed by atoms with Gasteiger partial charge in [-0.1, -0.05) is 48.8 Å². The summed E-state index contributed by atoms with van der Waals surface area (Å²) < 4.78 is 5.25. The van der Waals surface area contributed by atoms with Crippen LogP contribution in [-0.2, 0) is 0 Å². The molecule has 2 aromatic rings. The summed E-state index contributed by atoms with van der Waals surface area (Å²) in [4.78, 5) is 14.5. The van der Waals surface area contributed by atoms with Crippen LogP contribution in [-0.4, -0.2) is 36.1 Å². The summed E-state index contributed by atoms with van der Waals surface area (Å²) in [6, 6.07) is 7.26. The van der Waals surface area contributed by atoms with Crippen molar-refractivity contribution in [1.29, 1.82) is 0 Å². The summed E-state index contributed by atoms with van der Waals surface area (Å²) in [5, 5.41) is 4.56. The van der Waals surface area contributed by atoms with Crippen LogP contribution < -0.4 is 5.73 Å². The van der Waals surface area contributed by atoms with Gasteiger partial charge in [-0.25, -0.2) is 0 Å². The van der Waals surface area contributed by atoms with Crippen molar-refractivity contribution in [1.82, 2.24) is 10.1 Å². The second-order valence-corrected chi connectivity index (χ2v) is 6.88. The van der Waals surface area contributed by atoms with Gasteiger partial charge in [0, 0.05) is 19.2 Å². The Hall–Kier alpha value is -1.85. The number of hydrogen-bond acceptors (Lipinski definition) is 4. The van der Waals surface area contributed by atoms with E-state index in [9.17, 15) is 4.79 Å². The Kier molecular flexibility index (Phi) is 5.12. The number of carbonyl (C=O) groups is 1. The molecule has 0 atom stereocenters. The maximum absolute atomic E-state index is 12.9. The van der Waals surface area contributed by atoms with E-state index in [0.29, 0.717) is 40.7 Å². The second-order valence-electron chi connectivity index (χ2n) is 6.47. The number of aryl methyl sites for hydroxylation is 1. The Morgan fingerprint density at radius 2 is 2.04 bits per heavy atom. The minimum Gasteiger partial charge on any atom is -0.360 e. The molecule has 0 fully saturated rings. The van der Waals surface area contributed by atoms with Gasteiger partial charge in [0.1, 0.15) is 17.0 Å². The number of aromatic nitrogens is 1. The summed E-state index contributed by atoms with van der Waals surface area (Å²) in [6.07, 6.45) is 0. The van der Waals surface area contributed by atoms with E-state index in [-0.39, 0.29) is 11.3 Å². The highest BCUT2D eigenvalue weighted by Gasteiger charge is 2.28. The average Bonchev–Trinajstić information content (AvgIpc) is 2.88. The molecule has 2 rings (SSSR count). The highest BCUT2D eigenvalue weighted by atomic mass is 35.5. The summed E-state index contributed by atoms with van der Waals surface area (Å²) >= 11 is 6.23. The monoisotopic (exact) mass is 335 g/mol. The molecule has 0 radical (unpaired) electrons. The lowest BCUT2D eigenvalue weighted by Crippen LogP contribution is -2.40. The number of rotatable bonds is 5. The van der Waals surface area contributed by atoms with Crippen molar-refractivity contribution in [2.24, 2.45) is 11.1 Å². The van der Waals surface area contributed by atoms with Gasteiger partial charge in [0.25, 0.3) is 5.91 Å². The van der Waals surface area contributed by atoms with Crippen molar-refractivity contribution in [3.8, 4) is 11.3 Å². The van der Waals surface area contributed by atoms with E-state index in [0.717, 1.165) is 0 Å². The predicted molar refractivity (Wildman–Crippen MR) is 91.5 cm³/mol. The van der Waals surface area contributed by atoms with Crippen molar-refractivity contribution < 1.29 is 9.32 Å². The molecule has 0 saturated carbocycles. The normalized spacial score (nSPS) is 11.6. The molecule has 6 heteroatoms. The first kappa shape index (κ1) is 17.5. The quantitative estimate of drug-likeness (QED) is 0.909. The zero-order valence-electron chi connectivity index (χ0n) is 13.9. The molecule has 0 saturated heterocycles. The summed E-state index contributed by atoms with van der Waals surface area (Å²) in [5.74, 6) is 0.322. The number of hydrogen-bond donors (Lipinski definition) is 1. The standard InChI is InChI=1S/C17H22ClN3O2/c1-11-14(16(22)21(4)10-17(2,3)9-19)15(20-23-11)12-7-5-6-8-13(12)18/h5-8H,9-10,19H2,1-4H3. The zero-order valence-corrected chi connectivity index (χ0v) is 14.6. The molecule has 1 aromatic heterocycles. The molecule has 0 spiro atoms. The van der Waals surface area contributed by atoms with E-state index in [2.05, 4.69) is 5.16 Å². The van der Waals surface area contributed by atoms with Crippen molar-refractivity contribution in [3.63, 3.8) is 0 Å². The lowest BCUT2D eigenvalue weighted by molar-refractivity contribution is 0.0739. The minimum atomic E-state index is -0.167. The summed E-state index contributed by atoms with van der Waals surface area (Å²) in [5.41, 5.74) is 7.18. The van der Waals surface area contributed by atoms with E-state index in [1.54, 1.807) is 24.9 Å². The van der Waals surface area contributed by atoms with Crippen molar-refractivity contribution in [3.05, 3.63) is 40.6 Å². The van der Waals surface area contributed by atoms with Gasteiger partial charge in [0.05, 0.1) is 5.02 Å². The van der Waals surface area contributed by atoms with E-state index >= 15 is 0 Å². The first-order valence-corrected chi connectivity index (χ1v) is 7.81. The van der Waals surface area contributed by atoms with Gasteiger partial charge in [0.15, 0.2) is 0 Å². The van der Waals surface area contributed by atoms with Crippen molar-refractivity contribution in [2.75, 3.05) is 20.1 Å². The van der Waals surface area contributed by atoms with Crippen molar-refractivity contribution >= 4 is 17.5 Å². The Labute approximate surface area is 141 Å². The van der Waals surface area contributed by atoms with Gasteiger partial charge < -0.3 is 15.2 Å². The smallest absolute Gasteiger partial charge is 0.259 e. The number of carbonyl (C=O) groups excluding carboxylic acids is 1. The highest BCUT2D eigenvalue weighted by molar-refractivity contribution is 6.33. The topological polar surface area (TPSA) is 72.4 Å². The molecule has 1 amide bonds. The fraction of sp³-hybridized carbons (Fsp3) is 0.412. The number of nitrogens with zero attached hydrogens (tertiary/aromatic N) is 2. The van der Waals surface area contributed by atoms with E-state index in [1.165, 1.54) is 0 Å². The lowest BCUT2D eigenvalue weighted by Gasteiger charge is -2.29. The molecule has 0 bridgehead atoms. The van der Waals surface area contributed by atoms with Crippen LogP contribution in [0.4, 0.5) is 0 Å². The molecule has 0 aliphatic heterocycles. The number of nitrogens with two attached hydrogens (primary N) is 1. The van der Waals surface area contributed by atoms with Crippen LogP contribution in [0.15, 0.2) is 28.8 Å². The van der Waals surface area contributed by atoms with Gasteiger partial charge in [-0.3, -0.25) is 4.79 Å². The molecule has 0 unspecified atom stereocenters. The third-order valence-electron chi connectivity index (χ3n) is 3.77. The molecule has 2 N–H and O–H groups in total. The van der Waals surface area contributed by atoms with Gasteiger partial charge in [-0.05, 0) is 24.9 Å².